The van der Waals surface area contributed by atoms with Gasteiger partial charge in [0.05, 0.1) is 18.8 Å². The van der Waals surface area contributed by atoms with Gasteiger partial charge in [0, 0.05) is 13.1 Å². The van der Waals surface area contributed by atoms with Crippen molar-refractivity contribution in [3.63, 3.8) is 0 Å². The highest BCUT2D eigenvalue weighted by atomic mass is 19.3. The molecule has 8 nitrogen and oxygen atoms in total. The van der Waals surface area contributed by atoms with Crippen LogP contribution in [0.5, 0.6) is 0 Å². The van der Waals surface area contributed by atoms with Crippen molar-refractivity contribution < 1.29 is 23.5 Å². The molecule has 1 aromatic heterocycles. The fourth-order valence-corrected chi connectivity index (χ4v) is 1.62. The molecule has 2 rings (SSSR count). The van der Waals surface area contributed by atoms with Crippen LogP contribution in [0.1, 0.15) is 16.5 Å². The summed E-state index contributed by atoms with van der Waals surface area (Å²) in [5, 5.41) is 17.8. The Kier molecular flexibility index (Phi) is 3.58. The van der Waals surface area contributed by atoms with Gasteiger partial charge in [-0.25, -0.2) is 23.1 Å². The number of hydrogen-bond donors (Lipinski definition) is 2. The molecule has 0 aromatic carbocycles. The van der Waals surface area contributed by atoms with E-state index in [9.17, 15) is 18.4 Å². The molecule has 0 bridgehead atoms. The number of carbonyl (C=O) groups excluding carboxylic acids is 1. The molecule has 104 valence electrons. The standard InChI is InChI=1S/C9H11F2N5O3/c10-7(11)1-12-9(19)15-2-5(3-15)16-4-6(8(17)18)13-14-16/h4-5,7H,1-3H2,(H,12,19)(H,17,18). The first-order chi connectivity index (χ1) is 8.97. The molecule has 2 N–H and O–H groups in total. The van der Waals surface area contributed by atoms with Gasteiger partial charge in [-0.05, 0) is 0 Å². The van der Waals surface area contributed by atoms with E-state index in [4.69, 9.17) is 5.11 Å². The first-order valence-corrected chi connectivity index (χ1v) is 5.43. The van der Waals surface area contributed by atoms with Crippen molar-refractivity contribution in [1.82, 2.24) is 25.2 Å². The van der Waals surface area contributed by atoms with Crippen LogP contribution in [0.2, 0.25) is 0 Å². The van der Waals surface area contributed by atoms with E-state index in [1.807, 2.05) is 0 Å². The Bertz CT molecular complexity index is 486. The third-order valence-electron chi connectivity index (χ3n) is 2.66. The van der Waals surface area contributed by atoms with Crippen LogP contribution in [-0.4, -0.2) is 63.1 Å². The lowest BCUT2D eigenvalue weighted by molar-refractivity contribution is 0.0690. The van der Waals surface area contributed by atoms with Crippen LogP contribution in [0.3, 0.4) is 0 Å². The number of likely N-dealkylation sites (tertiary alicyclic amines) is 1. The minimum atomic E-state index is -2.59. The Hall–Kier alpha value is -2.26. The highest BCUT2D eigenvalue weighted by Gasteiger charge is 2.33. The van der Waals surface area contributed by atoms with E-state index in [1.54, 1.807) is 0 Å². The van der Waals surface area contributed by atoms with Crippen molar-refractivity contribution in [2.24, 2.45) is 0 Å². The number of carbonyl (C=O) groups is 2. The van der Waals surface area contributed by atoms with Gasteiger partial charge in [0.25, 0.3) is 6.43 Å². The molecule has 1 fully saturated rings. The molecule has 0 unspecified atom stereocenters. The van der Waals surface area contributed by atoms with Crippen LogP contribution < -0.4 is 5.32 Å². The van der Waals surface area contributed by atoms with Crippen molar-refractivity contribution in [2.75, 3.05) is 19.6 Å². The molecule has 2 amide bonds. The number of carboxylic acids is 1. The van der Waals surface area contributed by atoms with Crippen molar-refractivity contribution in [1.29, 1.82) is 0 Å². The summed E-state index contributed by atoms with van der Waals surface area (Å²) in [5.74, 6) is -1.18. The van der Waals surface area contributed by atoms with E-state index in [0.29, 0.717) is 0 Å². The average molecular weight is 275 g/mol. The van der Waals surface area contributed by atoms with E-state index in [1.165, 1.54) is 15.8 Å². The fraction of sp³-hybridized carbons (Fsp3) is 0.556. The Labute approximate surface area is 106 Å². The number of alkyl halides is 2. The summed E-state index contributed by atoms with van der Waals surface area (Å²) in [6.45, 7) is -0.137. The van der Waals surface area contributed by atoms with Gasteiger partial charge in [-0.3, -0.25) is 0 Å². The number of aromatic nitrogens is 3. The maximum Gasteiger partial charge on any atom is 0.358 e. The molecule has 1 saturated heterocycles. The minimum absolute atomic E-state index is 0.180. The lowest BCUT2D eigenvalue weighted by atomic mass is 10.1. The summed E-state index contributed by atoms with van der Waals surface area (Å²) < 4.78 is 25.1. The predicted molar refractivity (Wildman–Crippen MR) is 57.0 cm³/mol. The number of hydrogen-bond acceptors (Lipinski definition) is 4. The fourth-order valence-electron chi connectivity index (χ4n) is 1.62. The van der Waals surface area contributed by atoms with Crippen LogP contribution in [0.4, 0.5) is 13.6 Å². The van der Waals surface area contributed by atoms with Crippen LogP contribution in [0, 0.1) is 0 Å². The zero-order valence-electron chi connectivity index (χ0n) is 9.66. The van der Waals surface area contributed by atoms with Crippen molar-refractivity contribution in [2.45, 2.75) is 12.5 Å². The summed E-state index contributed by atoms with van der Waals surface area (Å²) in [6.07, 6.45) is -1.32. The van der Waals surface area contributed by atoms with Gasteiger partial charge in [-0.1, -0.05) is 5.21 Å². The molecule has 2 heterocycles. The second-order valence-electron chi connectivity index (χ2n) is 4.02. The van der Waals surface area contributed by atoms with E-state index in [2.05, 4.69) is 15.6 Å². The predicted octanol–water partition coefficient (Wildman–Crippen LogP) is -0.192. The quantitative estimate of drug-likeness (QED) is 0.793. The number of halogens is 2. The molecule has 1 aliphatic heterocycles. The molecule has 0 saturated carbocycles. The van der Waals surface area contributed by atoms with Crippen LogP contribution >= 0.6 is 0 Å². The molecule has 19 heavy (non-hydrogen) atoms. The number of nitrogens with one attached hydrogen (secondary N) is 1. The lowest BCUT2D eigenvalue weighted by Gasteiger charge is -2.38. The number of aromatic carboxylic acids is 1. The second kappa shape index (κ2) is 5.16. The number of amides is 2. The molecule has 0 aliphatic carbocycles. The molecule has 10 heteroatoms. The van der Waals surface area contributed by atoms with Crippen molar-refractivity contribution >= 4 is 12.0 Å². The van der Waals surface area contributed by atoms with Crippen LogP contribution in [0.25, 0.3) is 0 Å². The van der Waals surface area contributed by atoms with Gasteiger partial charge in [0.2, 0.25) is 0 Å². The van der Waals surface area contributed by atoms with Gasteiger partial charge in [0.15, 0.2) is 5.69 Å². The number of carboxylic acid groups (broad SMARTS) is 1. The van der Waals surface area contributed by atoms with E-state index >= 15 is 0 Å². The zero-order chi connectivity index (χ0) is 14.0. The normalized spacial score (nSPS) is 15.4. The first kappa shape index (κ1) is 13.2. The number of rotatable bonds is 4. The van der Waals surface area contributed by atoms with Gasteiger partial charge in [0.1, 0.15) is 0 Å². The van der Waals surface area contributed by atoms with E-state index < -0.39 is 25.0 Å². The maximum absolute atomic E-state index is 11.9. The molecule has 0 radical (unpaired) electrons. The molecular formula is C9H11F2N5O3. The average Bonchev–Trinajstić information content (AvgIpc) is 2.73. The van der Waals surface area contributed by atoms with Gasteiger partial charge in [-0.2, -0.15) is 0 Å². The zero-order valence-corrected chi connectivity index (χ0v) is 9.66. The number of urea groups is 1. The van der Waals surface area contributed by atoms with E-state index in [-0.39, 0.29) is 24.8 Å². The molecule has 1 aliphatic rings. The summed E-state index contributed by atoms with van der Waals surface area (Å²) in [4.78, 5) is 23.3. The Morgan fingerprint density at radius 2 is 2.21 bits per heavy atom. The maximum atomic E-state index is 11.9. The summed E-state index contributed by atoms with van der Waals surface area (Å²) >= 11 is 0. The van der Waals surface area contributed by atoms with E-state index in [0.717, 1.165) is 0 Å². The smallest absolute Gasteiger partial charge is 0.358 e. The van der Waals surface area contributed by atoms with Crippen molar-refractivity contribution in [3.05, 3.63) is 11.9 Å². The summed E-state index contributed by atoms with van der Waals surface area (Å²) in [5.41, 5.74) is -0.180. The SMILES string of the molecule is O=C(O)c1cn(C2CN(C(=O)NCC(F)F)C2)nn1. The van der Waals surface area contributed by atoms with Gasteiger partial charge < -0.3 is 15.3 Å². The largest absolute Gasteiger partial charge is 0.476 e. The summed E-state index contributed by atoms with van der Waals surface area (Å²) in [6, 6.07) is -0.756. The monoisotopic (exact) mass is 275 g/mol. The first-order valence-electron chi connectivity index (χ1n) is 5.43. The van der Waals surface area contributed by atoms with Crippen molar-refractivity contribution in [3.8, 4) is 0 Å². The number of nitrogens with zero attached hydrogens (tertiary/aromatic N) is 4. The molecular weight excluding hydrogens is 264 g/mol. The molecule has 0 spiro atoms. The highest BCUT2D eigenvalue weighted by molar-refractivity contribution is 5.84. The summed E-state index contributed by atoms with van der Waals surface area (Å²) in [7, 11) is 0. The van der Waals surface area contributed by atoms with Gasteiger partial charge >= 0.3 is 12.0 Å². The topological polar surface area (TPSA) is 100 Å². The minimum Gasteiger partial charge on any atom is -0.476 e. The molecule has 0 atom stereocenters. The third kappa shape index (κ3) is 2.95. The van der Waals surface area contributed by atoms with Crippen LogP contribution in [0.15, 0.2) is 6.20 Å². The third-order valence-corrected chi connectivity index (χ3v) is 2.66. The Balaban J connectivity index is 1.82. The Morgan fingerprint density at radius 3 is 2.74 bits per heavy atom. The highest BCUT2D eigenvalue weighted by Crippen LogP contribution is 2.20. The van der Waals surface area contributed by atoms with Gasteiger partial charge in [-0.15, -0.1) is 5.10 Å². The lowest BCUT2D eigenvalue weighted by Crippen LogP contribution is -2.54. The second-order valence-corrected chi connectivity index (χ2v) is 4.02. The Morgan fingerprint density at radius 1 is 1.53 bits per heavy atom. The molecule has 1 aromatic rings. The van der Waals surface area contributed by atoms with Crippen LogP contribution in [-0.2, 0) is 0 Å².